The van der Waals surface area contributed by atoms with Crippen LogP contribution in [-0.2, 0) is 26.2 Å². The molecule has 0 unspecified atom stereocenters. The van der Waals surface area contributed by atoms with Crippen molar-refractivity contribution in [1.29, 1.82) is 0 Å². The molecule has 0 heterocycles. The summed E-state index contributed by atoms with van der Waals surface area (Å²) >= 11 is 6.37. The van der Waals surface area contributed by atoms with Crippen LogP contribution in [-0.4, -0.2) is 50.0 Å². The number of benzene rings is 2. The summed E-state index contributed by atoms with van der Waals surface area (Å²) in [6.07, 6.45) is 1.44. The van der Waals surface area contributed by atoms with E-state index in [1.807, 2.05) is 46.8 Å². The summed E-state index contributed by atoms with van der Waals surface area (Å²) in [6.45, 7) is 9.09. The molecular weight excluding hydrogens is 486 g/mol. The quantitative estimate of drug-likeness (QED) is 0.469. The number of nitrogens with one attached hydrogen (secondary N) is 1. The zero-order chi connectivity index (χ0) is 26.3. The van der Waals surface area contributed by atoms with Gasteiger partial charge in [-0.15, -0.1) is 0 Å². The van der Waals surface area contributed by atoms with E-state index in [0.717, 1.165) is 16.1 Å². The molecule has 0 aromatic heterocycles. The Morgan fingerprint density at radius 2 is 1.60 bits per heavy atom. The highest BCUT2D eigenvalue weighted by molar-refractivity contribution is 7.92. The van der Waals surface area contributed by atoms with E-state index in [-0.39, 0.29) is 24.4 Å². The topological polar surface area (TPSA) is 86.8 Å². The van der Waals surface area contributed by atoms with Crippen LogP contribution in [0.3, 0.4) is 0 Å². The first-order valence-corrected chi connectivity index (χ1v) is 14.0. The molecule has 1 atom stereocenters. The molecule has 0 saturated heterocycles. The average molecular weight is 522 g/mol. The van der Waals surface area contributed by atoms with E-state index in [2.05, 4.69) is 5.32 Å². The van der Waals surface area contributed by atoms with Crippen molar-refractivity contribution in [3.8, 4) is 0 Å². The fourth-order valence-corrected chi connectivity index (χ4v) is 4.97. The molecule has 35 heavy (non-hydrogen) atoms. The van der Waals surface area contributed by atoms with Gasteiger partial charge in [0, 0.05) is 17.6 Å². The zero-order valence-corrected chi connectivity index (χ0v) is 22.9. The van der Waals surface area contributed by atoms with Crippen LogP contribution in [0.4, 0.5) is 5.69 Å². The van der Waals surface area contributed by atoms with Crippen LogP contribution in [0.5, 0.6) is 0 Å². The Kier molecular flexibility index (Phi) is 10.2. The molecule has 2 amide bonds. The van der Waals surface area contributed by atoms with E-state index < -0.39 is 28.5 Å². The molecule has 0 aliphatic rings. The average Bonchev–Trinajstić information content (AvgIpc) is 2.77. The molecule has 1 N–H and O–H groups in total. The third-order valence-corrected chi connectivity index (χ3v) is 7.12. The Morgan fingerprint density at radius 1 is 1.00 bits per heavy atom. The van der Waals surface area contributed by atoms with E-state index in [9.17, 15) is 18.0 Å². The maximum Gasteiger partial charge on any atom is 0.244 e. The smallest absolute Gasteiger partial charge is 0.244 e. The number of carbonyl (C=O) groups excluding carboxylic acids is 2. The molecule has 0 aliphatic heterocycles. The number of nitrogens with zero attached hydrogens (tertiary/aromatic N) is 2. The van der Waals surface area contributed by atoms with Crippen molar-refractivity contribution in [2.45, 2.75) is 65.6 Å². The van der Waals surface area contributed by atoms with Crippen LogP contribution in [0.1, 0.15) is 58.1 Å². The van der Waals surface area contributed by atoms with Crippen molar-refractivity contribution in [1.82, 2.24) is 10.2 Å². The number of anilines is 1. The SMILES string of the molecule is CC[C@H](C(=O)NC(C)C)N(Cc1ccccc1Cl)C(=O)CN(c1ccccc1C(C)C)S(C)(=O)=O. The molecule has 0 aliphatic carbocycles. The Labute approximate surface area is 214 Å². The molecule has 192 valence electrons. The summed E-state index contributed by atoms with van der Waals surface area (Å²) in [5.41, 5.74) is 1.94. The molecule has 2 aromatic rings. The zero-order valence-electron chi connectivity index (χ0n) is 21.3. The van der Waals surface area contributed by atoms with Crippen LogP contribution in [0, 0.1) is 0 Å². The molecular formula is C26H36ClN3O4S. The van der Waals surface area contributed by atoms with Crippen molar-refractivity contribution in [2.24, 2.45) is 0 Å². The van der Waals surface area contributed by atoms with Gasteiger partial charge in [-0.05, 0) is 49.4 Å². The molecule has 0 saturated carbocycles. The summed E-state index contributed by atoms with van der Waals surface area (Å²) in [6, 6.07) is 13.3. The summed E-state index contributed by atoms with van der Waals surface area (Å²) in [5, 5.41) is 3.34. The second-order valence-corrected chi connectivity index (χ2v) is 11.5. The molecule has 2 rings (SSSR count). The maximum atomic E-state index is 13.8. The second kappa shape index (κ2) is 12.4. The van der Waals surface area contributed by atoms with Crippen molar-refractivity contribution >= 4 is 39.1 Å². The molecule has 2 aromatic carbocycles. The van der Waals surface area contributed by atoms with Gasteiger partial charge in [0.1, 0.15) is 12.6 Å². The van der Waals surface area contributed by atoms with Crippen molar-refractivity contribution in [2.75, 3.05) is 17.1 Å². The molecule has 0 radical (unpaired) electrons. The van der Waals surface area contributed by atoms with E-state index >= 15 is 0 Å². The van der Waals surface area contributed by atoms with E-state index in [1.165, 1.54) is 4.90 Å². The highest BCUT2D eigenvalue weighted by atomic mass is 35.5. The number of carbonyl (C=O) groups is 2. The van der Waals surface area contributed by atoms with Crippen molar-refractivity contribution in [3.05, 3.63) is 64.7 Å². The second-order valence-electron chi connectivity index (χ2n) is 9.18. The largest absolute Gasteiger partial charge is 0.352 e. The van der Waals surface area contributed by atoms with E-state index in [0.29, 0.717) is 22.7 Å². The number of sulfonamides is 1. The summed E-state index contributed by atoms with van der Waals surface area (Å²) in [7, 11) is -3.80. The van der Waals surface area contributed by atoms with Crippen molar-refractivity contribution in [3.63, 3.8) is 0 Å². The van der Waals surface area contributed by atoms with Gasteiger partial charge in [-0.25, -0.2) is 8.42 Å². The lowest BCUT2D eigenvalue weighted by Gasteiger charge is -2.34. The monoisotopic (exact) mass is 521 g/mol. The molecule has 9 heteroatoms. The predicted octanol–water partition coefficient (Wildman–Crippen LogP) is 4.56. The van der Waals surface area contributed by atoms with Crippen LogP contribution in [0.15, 0.2) is 48.5 Å². The summed E-state index contributed by atoms with van der Waals surface area (Å²) < 4.78 is 26.8. The fraction of sp³-hybridized carbons (Fsp3) is 0.462. The standard InChI is InChI=1S/C26H36ClN3O4S/c1-7-23(26(32)28-19(4)5)29(16-20-12-8-10-14-22(20)27)25(31)17-30(35(6,33)34)24-15-11-9-13-21(24)18(2)3/h8-15,18-19,23H,7,16-17H2,1-6H3,(H,28,32)/t23-/m1/s1. The minimum Gasteiger partial charge on any atom is -0.352 e. The van der Waals surface area contributed by atoms with Gasteiger partial charge >= 0.3 is 0 Å². The summed E-state index contributed by atoms with van der Waals surface area (Å²) in [5.74, 6) is -0.735. The third-order valence-electron chi connectivity index (χ3n) is 5.62. The predicted molar refractivity (Wildman–Crippen MR) is 142 cm³/mol. The van der Waals surface area contributed by atoms with Gasteiger partial charge in [-0.1, -0.05) is 68.8 Å². The minimum absolute atomic E-state index is 0.0463. The first-order valence-electron chi connectivity index (χ1n) is 11.8. The first-order chi connectivity index (χ1) is 16.4. The Hall–Kier alpha value is -2.58. The van der Waals surface area contributed by atoms with Crippen LogP contribution >= 0.6 is 11.6 Å². The fourth-order valence-electron chi connectivity index (χ4n) is 3.91. The number of halogens is 1. The Balaban J connectivity index is 2.52. The third kappa shape index (κ3) is 7.70. The van der Waals surface area contributed by atoms with Gasteiger partial charge in [0.05, 0.1) is 11.9 Å². The number of rotatable bonds is 11. The summed E-state index contributed by atoms with van der Waals surface area (Å²) in [4.78, 5) is 28.2. The molecule has 7 nitrogen and oxygen atoms in total. The van der Waals surface area contributed by atoms with Crippen LogP contribution < -0.4 is 9.62 Å². The van der Waals surface area contributed by atoms with Gasteiger partial charge in [-0.3, -0.25) is 13.9 Å². The normalized spacial score (nSPS) is 12.5. The van der Waals surface area contributed by atoms with Gasteiger partial charge in [0.15, 0.2) is 0 Å². The van der Waals surface area contributed by atoms with Gasteiger partial charge in [0.2, 0.25) is 21.8 Å². The molecule has 0 fully saturated rings. The highest BCUT2D eigenvalue weighted by Crippen LogP contribution is 2.29. The Bertz CT molecular complexity index is 1130. The minimum atomic E-state index is -3.80. The van der Waals surface area contributed by atoms with Gasteiger partial charge < -0.3 is 10.2 Å². The Morgan fingerprint density at radius 3 is 2.14 bits per heavy atom. The first kappa shape index (κ1) is 28.7. The van der Waals surface area contributed by atoms with Gasteiger partial charge in [0.25, 0.3) is 0 Å². The van der Waals surface area contributed by atoms with Crippen LogP contribution in [0.2, 0.25) is 5.02 Å². The van der Waals surface area contributed by atoms with Crippen LogP contribution in [0.25, 0.3) is 0 Å². The van der Waals surface area contributed by atoms with E-state index in [4.69, 9.17) is 11.6 Å². The number of amides is 2. The highest BCUT2D eigenvalue weighted by Gasteiger charge is 2.33. The number of hydrogen-bond donors (Lipinski definition) is 1. The lowest BCUT2D eigenvalue weighted by Crippen LogP contribution is -2.53. The lowest BCUT2D eigenvalue weighted by atomic mass is 10.0. The lowest BCUT2D eigenvalue weighted by molar-refractivity contribution is -0.140. The number of hydrogen-bond acceptors (Lipinski definition) is 4. The molecule has 0 spiro atoms. The molecule has 0 bridgehead atoms. The van der Waals surface area contributed by atoms with E-state index in [1.54, 1.807) is 36.4 Å². The van der Waals surface area contributed by atoms with Gasteiger partial charge in [-0.2, -0.15) is 0 Å². The number of para-hydroxylation sites is 1. The van der Waals surface area contributed by atoms with Crippen molar-refractivity contribution < 1.29 is 18.0 Å². The maximum absolute atomic E-state index is 13.8.